The van der Waals surface area contributed by atoms with E-state index in [0.29, 0.717) is 52.3 Å². The number of allylic oxidation sites excluding steroid dienone is 1. The average Bonchev–Trinajstić information content (AvgIpc) is 3.53. The first-order chi connectivity index (χ1) is 16.8. The molecule has 2 heterocycles. The maximum absolute atomic E-state index is 14.6. The van der Waals surface area contributed by atoms with Crippen LogP contribution in [0.25, 0.3) is 39.4 Å². The van der Waals surface area contributed by atoms with Crippen LogP contribution < -0.4 is 4.74 Å². The molecule has 0 saturated carbocycles. The van der Waals surface area contributed by atoms with E-state index in [1.54, 1.807) is 18.3 Å². The second-order valence-corrected chi connectivity index (χ2v) is 8.77. The number of aromatic carboxylic acids is 1. The Balaban J connectivity index is 1.86. The summed E-state index contributed by atoms with van der Waals surface area (Å²) in [6.45, 7) is 4.30. The highest BCUT2D eigenvalue weighted by Crippen LogP contribution is 2.46. The molecular formula is C27H23FN2O5. The van der Waals surface area contributed by atoms with Gasteiger partial charge >= 0.3 is 5.97 Å². The Bertz CT molecular complexity index is 1530. The topological polar surface area (TPSA) is 104 Å². The lowest BCUT2D eigenvalue weighted by atomic mass is 9.87. The van der Waals surface area contributed by atoms with E-state index in [0.717, 1.165) is 22.1 Å². The molecule has 0 unspecified atom stereocenters. The van der Waals surface area contributed by atoms with E-state index in [9.17, 15) is 19.1 Å². The van der Waals surface area contributed by atoms with E-state index in [1.165, 1.54) is 19.2 Å². The molecule has 3 N–H and O–H groups in total. The Kier molecular flexibility index (Phi) is 5.43. The normalized spacial score (nSPS) is 12.7. The summed E-state index contributed by atoms with van der Waals surface area (Å²) in [5.74, 6) is -0.676. The lowest BCUT2D eigenvalue weighted by Gasteiger charge is -2.16. The number of halogens is 1. The molecule has 0 atom stereocenters. The van der Waals surface area contributed by atoms with Crippen LogP contribution in [0.4, 0.5) is 4.39 Å². The zero-order chi connectivity index (χ0) is 24.9. The van der Waals surface area contributed by atoms with E-state index in [-0.39, 0.29) is 11.6 Å². The third kappa shape index (κ3) is 3.67. The van der Waals surface area contributed by atoms with E-state index in [2.05, 4.69) is 9.97 Å². The minimum Gasteiger partial charge on any atom is -0.497 e. The molecule has 0 amide bonds. The molecule has 2 aromatic heterocycles. The van der Waals surface area contributed by atoms with Crippen molar-refractivity contribution < 1.29 is 28.6 Å². The Hall–Kier alpha value is -4.33. The predicted molar refractivity (Wildman–Crippen MR) is 130 cm³/mol. The summed E-state index contributed by atoms with van der Waals surface area (Å²) in [5, 5.41) is 11.0. The molecule has 2 aromatic carbocycles. The lowest BCUT2D eigenvalue weighted by molar-refractivity contribution is -0.125. The number of hydrogen-bond donors (Lipinski definition) is 3. The molecule has 0 aliphatic heterocycles. The molecule has 178 valence electrons. The van der Waals surface area contributed by atoms with Gasteiger partial charge in [0.1, 0.15) is 23.0 Å². The quantitative estimate of drug-likeness (QED) is 0.291. The van der Waals surface area contributed by atoms with Crippen LogP contribution in [0.3, 0.4) is 0 Å². The van der Waals surface area contributed by atoms with Crippen molar-refractivity contribution in [2.24, 2.45) is 0 Å². The first kappa shape index (κ1) is 22.5. The monoisotopic (exact) mass is 474 g/mol. The number of benzene rings is 2. The molecule has 1 aliphatic rings. The van der Waals surface area contributed by atoms with E-state index >= 15 is 0 Å². The van der Waals surface area contributed by atoms with E-state index in [1.807, 2.05) is 26.0 Å². The van der Waals surface area contributed by atoms with Crippen molar-refractivity contribution in [2.45, 2.75) is 26.2 Å². The highest BCUT2D eigenvalue weighted by atomic mass is 19.1. The van der Waals surface area contributed by atoms with Crippen molar-refractivity contribution in [1.82, 2.24) is 9.97 Å². The molecule has 1 aliphatic carbocycles. The SMILES string of the molecule is COc1cc2c(c(-c3c(C(=O)O)[nH]c(-c4cc(F)cc5[nH]ccc45)c3C(C)C)c1)C=C(OC=O)C2. The van der Waals surface area contributed by atoms with Crippen LogP contribution in [0.15, 0.2) is 42.3 Å². The van der Waals surface area contributed by atoms with Crippen molar-refractivity contribution in [3.8, 4) is 28.1 Å². The number of methoxy groups -OCH3 is 1. The largest absolute Gasteiger partial charge is 0.497 e. The van der Waals surface area contributed by atoms with Crippen LogP contribution in [0, 0.1) is 5.82 Å². The molecule has 7 nitrogen and oxygen atoms in total. The number of carboxylic acids is 1. The Morgan fingerprint density at radius 3 is 2.69 bits per heavy atom. The number of hydrogen-bond acceptors (Lipinski definition) is 4. The van der Waals surface area contributed by atoms with Crippen molar-refractivity contribution >= 4 is 29.4 Å². The van der Waals surface area contributed by atoms with Crippen LogP contribution in [-0.2, 0) is 16.0 Å². The highest BCUT2D eigenvalue weighted by Gasteiger charge is 2.30. The van der Waals surface area contributed by atoms with Crippen LogP contribution in [0.5, 0.6) is 5.75 Å². The van der Waals surface area contributed by atoms with Crippen LogP contribution in [-0.4, -0.2) is 34.6 Å². The number of ether oxygens (including phenoxy) is 2. The fourth-order valence-corrected chi connectivity index (χ4v) is 4.95. The summed E-state index contributed by atoms with van der Waals surface area (Å²) in [6, 6.07) is 8.28. The Morgan fingerprint density at radius 1 is 1.20 bits per heavy atom. The van der Waals surface area contributed by atoms with Gasteiger partial charge in [0.2, 0.25) is 0 Å². The van der Waals surface area contributed by atoms with Gasteiger partial charge in [-0.2, -0.15) is 0 Å². The number of nitrogens with one attached hydrogen (secondary N) is 2. The van der Waals surface area contributed by atoms with E-state index < -0.39 is 11.8 Å². The van der Waals surface area contributed by atoms with Gasteiger partial charge in [-0.1, -0.05) is 13.8 Å². The van der Waals surface area contributed by atoms with Gasteiger partial charge in [-0.3, -0.25) is 4.79 Å². The molecule has 8 heteroatoms. The molecule has 0 saturated heterocycles. The Morgan fingerprint density at radius 2 is 2.00 bits per heavy atom. The first-order valence-corrected chi connectivity index (χ1v) is 11.1. The van der Waals surface area contributed by atoms with Gasteiger partial charge in [-0.05, 0) is 64.6 Å². The standard InChI is InChI=1S/C27H23FN2O5/c1-13(2)23-24(20-10-16(34-3)6-14-7-17(35-12-31)11-19(14)20)26(27(32)33)30-25(23)21-8-15(28)9-22-18(21)4-5-29-22/h4-6,8-13,29-30H,7H2,1-3H3,(H,32,33). The van der Waals surface area contributed by atoms with Gasteiger partial charge in [0.15, 0.2) is 0 Å². The number of fused-ring (bicyclic) bond motifs is 2. The van der Waals surface area contributed by atoms with Gasteiger partial charge < -0.3 is 24.5 Å². The summed E-state index contributed by atoms with van der Waals surface area (Å²) in [5.41, 5.74) is 5.19. The predicted octanol–water partition coefficient (Wildman–Crippen LogP) is 5.87. The van der Waals surface area contributed by atoms with Crippen molar-refractivity contribution in [2.75, 3.05) is 7.11 Å². The summed E-state index contributed by atoms with van der Waals surface area (Å²) in [7, 11) is 1.54. The summed E-state index contributed by atoms with van der Waals surface area (Å²) >= 11 is 0. The number of carbonyl (C=O) groups is 2. The number of carboxylic acid groups (broad SMARTS) is 1. The summed E-state index contributed by atoms with van der Waals surface area (Å²) < 4.78 is 25.2. The fraction of sp³-hybridized carbons (Fsp3) is 0.185. The molecule has 0 radical (unpaired) electrons. The molecule has 4 aromatic rings. The van der Waals surface area contributed by atoms with Crippen LogP contribution in [0.2, 0.25) is 0 Å². The van der Waals surface area contributed by atoms with Gasteiger partial charge in [-0.25, -0.2) is 9.18 Å². The molecule has 35 heavy (non-hydrogen) atoms. The van der Waals surface area contributed by atoms with Crippen LogP contribution in [0.1, 0.15) is 46.9 Å². The van der Waals surface area contributed by atoms with E-state index in [4.69, 9.17) is 9.47 Å². The lowest BCUT2D eigenvalue weighted by Crippen LogP contribution is -2.02. The summed E-state index contributed by atoms with van der Waals surface area (Å²) in [6.07, 6.45) is 3.84. The third-order valence-electron chi connectivity index (χ3n) is 6.35. The maximum atomic E-state index is 14.6. The van der Waals surface area contributed by atoms with Crippen molar-refractivity contribution in [3.05, 3.63) is 70.5 Å². The highest BCUT2D eigenvalue weighted by molar-refractivity contribution is 6.03. The van der Waals surface area contributed by atoms with Gasteiger partial charge in [0, 0.05) is 34.6 Å². The smallest absolute Gasteiger partial charge is 0.352 e. The minimum atomic E-state index is -1.14. The average molecular weight is 474 g/mol. The number of aromatic amines is 2. The third-order valence-corrected chi connectivity index (χ3v) is 6.35. The molecular weight excluding hydrogens is 451 g/mol. The second kappa shape index (κ2) is 8.47. The van der Waals surface area contributed by atoms with Crippen LogP contribution >= 0.6 is 0 Å². The fourth-order valence-electron chi connectivity index (χ4n) is 4.95. The number of rotatable bonds is 7. The maximum Gasteiger partial charge on any atom is 0.352 e. The van der Waals surface area contributed by atoms with Crippen molar-refractivity contribution in [1.29, 1.82) is 0 Å². The second-order valence-electron chi connectivity index (χ2n) is 8.77. The number of aromatic nitrogens is 2. The zero-order valence-electron chi connectivity index (χ0n) is 19.4. The number of carbonyl (C=O) groups excluding carboxylic acids is 1. The number of H-pyrrole nitrogens is 2. The summed E-state index contributed by atoms with van der Waals surface area (Å²) in [4.78, 5) is 29.5. The first-order valence-electron chi connectivity index (χ1n) is 11.1. The minimum absolute atomic E-state index is 0.00902. The van der Waals surface area contributed by atoms with Gasteiger partial charge in [0.25, 0.3) is 6.47 Å². The molecule has 0 spiro atoms. The van der Waals surface area contributed by atoms with Gasteiger partial charge in [-0.15, -0.1) is 0 Å². The van der Waals surface area contributed by atoms with Crippen molar-refractivity contribution in [3.63, 3.8) is 0 Å². The van der Waals surface area contributed by atoms with Gasteiger partial charge in [0.05, 0.1) is 12.8 Å². The zero-order valence-corrected chi connectivity index (χ0v) is 19.4. The molecule has 0 bridgehead atoms. The molecule has 5 rings (SSSR count). The Labute approximate surface area is 200 Å². The molecule has 0 fully saturated rings.